The van der Waals surface area contributed by atoms with E-state index in [-0.39, 0.29) is 11.4 Å². The van der Waals surface area contributed by atoms with Gasteiger partial charge in [0, 0.05) is 52.2 Å². The maximum absolute atomic E-state index is 13.6. The molecule has 0 saturated heterocycles. The van der Waals surface area contributed by atoms with Crippen LogP contribution in [0, 0.1) is 0 Å². The Bertz CT molecular complexity index is 1220. The third-order valence-corrected chi connectivity index (χ3v) is 7.94. The summed E-state index contributed by atoms with van der Waals surface area (Å²) in [4.78, 5) is 16.5. The van der Waals surface area contributed by atoms with Gasteiger partial charge in [-0.2, -0.15) is 0 Å². The Labute approximate surface area is 208 Å². The van der Waals surface area contributed by atoms with Gasteiger partial charge in [0.05, 0.1) is 25.2 Å². The number of aromatic nitrogens is 1. The average molecular weight is 501 g/mol. The average Bonchev–Trinajstić information content (AvgIpc) is 3.44. The number of carbonyl (C=O) groups excluding carboxylic acids is 1. The van der Waals surface area contributed by atoms with E-state index in [2.05, 4.69) is 16.0 Å². The van der Waals surface area contributed by atoms with E-state index in [0.29, 0.717) is 36.1 Å². The van der Waals surface area contributed by atoms with Gasteiger partial charge in [-0.15, -0.1) is 11.3 Å². The predicted molar refractivity (Wildman–Crippen MR) is 140 cm³/mol. The minimum atomic E-state index is -0.935. The summed E-state index contributed by atoms with van der Waals surface area (Å²) >= 11 is 1.66. The molecule has 8 heteroatoms. The number of nitrogens with zero attached hydrogens (tertiary/aromatic N) is 2. The molecule has 1 atom stereocenters. The number of benzene rings is 1. The summed E-state index contributed by atoms with van der Waals surface area (Å²) in [5, 5.41) is 2.05. The molecule has 0 fully saturated rings. The van der Waals surface area contributed by atoms with Gasteiger partial charge in [-0.1, -0.05) is 6.07 Å². The standard InChI is InChI=1S/C26H32N2O4S2/c1-26(2,3)27(4)25(29)20-15-19(23-8-7-12-33-23)24-18-16-22(32-11-13-34(6)30)21(31-5)14-17(18)9-10-28(20)24/h7-8,12,14-16H,9-11,13H2,1-6H3. The molecule has 0 bridgehead atoms. The van der Waals surface area contributed by atoms with Crippen LogP contribution < -0.4 is 9.47 Å². The highest BCUT2D eigenvalue weighted by Crippen LogP contribution is 2.45. The lowest BCUT2D eigenvalue weighted by molar-refractivity contribution is 0.0644. The number of fused-ring (bicyclic) bond motifs is 3. The lowest BCUT2D eigenvalue weighted by Gasteiger charge is -2.32. The Hall–Kier alpha value is -2.58. The smallest absolute Gasteiger partial charge is 0.270 e. The van der Waals surface area contributed by atoms with Gasteiger partial charge in [-0.3, -0.25) is 9.00 Å². The minimum absolute atomic E-state index is 0.00964. The summed E-state index contributed by atoms with van der Waals surface area (Å²) in [6, 6.07) is 10.2. The molecule has 1 aromatic carbocycles. The topological polar surface area (TPSA) is 60.8 Å². The predicted octanol–water partition coefficient (Wildman–Crippen LogP) is 5.08. The highest BCUT2D eigenvalue weighted by Gasteiger charge is 2.32. The number of ether oxygens (including phenoxy) is 2. The summed E-state index contributed by atoms with van der Waals surface area (Å²) in [6.07, 6.45) is 2.46. The molecule has 0 radical (unpaired) electrons. The van der Waals surface area contributed by atoms with Gasteiger partial charge >= 0.3 is 0 Å². The van der Waals surface area contributed by atoms with Crippen molar-refractivity contribution >= 4 is 28.0 Å². The van der Waals surface area contributed by atoms with E-state index >= 15 is 0 Å². The van der Waals surface area contributed by atoms with E-state index in [1.54, 1.807) is 29.6 Å². The molecule has 0 aliphatic carbocycles. The summed E-state index contributed by atoms with van der Waals surface area (Å²) in [5.74, 6) is 1.75. The molecule has 34 heavy (non-hydrogen) atoms. The Morgan fingerprint density at radius 3 is 2.59 bits per heavy atom. The first-order chi connectivity index (χ1) is 16.1. The number of aryl methyl sites for hydroxylation is 1. The summed E-state index contributed by atoms with van der Waals surface area (Å²) in [7, 11) is 2.56. The highest BCUT2D eigenvalue weighted by molar-refractivity contribution is 7.84. The maximum Gasteiger partial charge on any atom is 0.270 e. The van der Waals surface area contributed by atoms with E-state index in [0.717, 1.165) is 33.7 Å². The molecule has 1 amide bonds. The highest BCUT2D eigenvalue weighted by atomic mass is 32.2. The summed E-state index contributed by atoms with van der Waals surface area (Å²) in [6.45, 7) is 7.18. The van der Waals surface area contributed by atoms with E-state index in [4.69, 9.17) is 9.47 Å². The van der Waals surface area contributed by atoms with E-state index in [1.807, 2.05) is 52.1 Å². The van der Waals surface area contributed by atoms with Crippen molar-refractivity contribution in [3.05, 3.63) is 47.0 Å². The normalized spacial score (nSPS) is 13.7. The molecule has 6 nitrogen and oxygen atoms in total. The van der Waals surface area contributed by atoms with Crippen LogP contribution in [0.1, 0.15) is 36.8 Å². The van der Waals surface area contributed by atoms with Gasteiger partial charge in [-0.05, 0) is 62.4 Å². The molecular weight excluding hydrogens is 468 g/mol. The van der Waals surface area contributed by atoms with Crippen molar-refractivity contribution in [3.63, 3.8) is 0 Å². The van der Waals surface area contributed by atoms with Gasteiger partial charge in [0.1, 0.15) is 5.69 Å². The third kappa shape index (κ3) is 4.66. The Morgan fingerprint density at radius 2 is 1.97 bits per heavy atom. The van der Waals surface area contributed by atoms with Gasteiger partial charge in [0.2, 0.25) is 0 Å². The number of thiophene rings is 1. The zero-order valence-corrected chi connectivity index (χ0v) is 22.3. The Balaban J connectivity index is 1.87. The van der Waals surface area contributed by atoms with Crippen molar-refractivity contribution in [3.8, 4) is 33.2 Å². The monoisotopic (exact) mass is 500 g/mol. The zero-order chi connectivity index (χ0) is 24.6. The first-order valence-corrected chi connectivity index (χ1v) is 13.9. The number of methoxy groups -OCH3 is 1. The van der Waals surface area contributed by atoms with Crippen molar-refractivity contribution in [2.75, 3.05) is 32.8 Å². The van der Waals surface area contributed by atoms with E-state index < -0.39 is 10.8 Å². The van der Waals surface area contributed by atoms with Crippen molar-refractivity contribution in [1.82, 2.24) is 9.47 Å². The minimum Gasteiger partial charge on any atom is -0.493 e. The number of hydrogen-bond acceptors (Lipinski definition) is 5. The Morgan fingerprint density at radius 1 is 1.21 bits per heavy atom. The van der Waals surface area contributed by atoms with Crippen LogP contribution in [0.4, 0.5) is 0 Å². The maximum atomic E-state index is 13.6. The molecule has 0 N–H and O–H groups in total. The molecule has 0 spiro atoms. The van der Waals surface area contributed by atoms with Crippen LogP contribution >= 0.6 is 11.3 Å². The van der Waals surface area contributed by atoms with Crippen LogP contribution in [-0.2, 0) is 23.8 Å². The molecule has 1 unspecified atom stereocenters. The molecule has 3 heterocycles. The number of carbonyl (C=O) groups is 1. The lowest BCUT2D eigenvalue weighted by atomic mass is 9.95. The van der Waals surface area contributed by atoms with E-state index in [1.165, 1.54) is 0 Å². The van der Waals surface area contributed by atoms with Crippen LogP contribution in [0.5, 0.6) is 11.5 Å². The number of amides is 1. The van der Waals surface area contributed by atoms with Crippen molar-refractivity contribution in [1.29, 1.82) is 0 Å². The fourth-order valence-electron chi connectivity index (χ4n) is 4.15. The molecule has 1 aliphatic rings. The summed E-state index contributed by atoms with van der Waals surface area (Å²) < 4.78 is 25.3. The lowest BCUT2D eigenvalue weighted by Crippen LogP contribution is -2.43. The molecule has 3 aromatic rings. The van der Waals surface area contributed by atoms with Crippen LogP contribution in [0.15, 0.2) is 35.7 Å². The molecule has 1 aliphatic heterocycles. The van der Waals surface area contributed by atoms with Crippen molar-refractivity contribution in [2.24, 2.45) is 0 Å². The second kappa shape index (κ2) is 9.58. The van der Waals surface area contributed by atoms with Gasteiger partial charge in [-0.25, -0.2) is 0 Å². The number of hydrogen-bond donors (Lipinski definition) is 0. The first-order valence-electron chi connectivity index (χ1n) is 11.3. The molecular formula is C26H32N2O4S2. The third-order valence-electron chi connectivity index (χ3n) is 6.29. The second-order valence-electron chi connectivity index (χ2n) is 9.49. The molecule has 4 rings (SSSR count). The Kier molecular flexibility index (Phi) is 6.92. The zero-order valence-electron chi connectivity index (χ0n) is 20.6. The van der Waals surface area contributed by atoms with Crippen LogP contribution in [-0.4, -0.2) is 57.9 Å². The molecule has 0 saturated carbocycles. The fraction of sp³-hybridized carbons (Fsp3) is 0.423. The fourth-order valence-corrected chi connectivity index (χ4v) is 5.21. The van der Waals surface area contributed by atoms with Gasteiger partial charge in [0.15, 0.2) is 11.5 Å². The molecule has 2 aromatic heterocycles. The second-order valence-corrected chi connectivity index (χ2v) is 12.0. The van der Waals surface area contributed by atoms with Crippen LogP contribution in [0.2, 0.25) is 0 Å². The largest absolute Gasteiger partial charge is 0.493 e. The quantitative estimate of drug-likeness (QED) is 0.454. The van der Waals surface area contributed by atoms with Crippen LogP contribution in [0.3, 0.4) is 0 Å². The van der Waals surface area contributed by atoms with Gasteiger partial charge in [0.25, 0.3) is 5.91 Å². The van der Waals surface area contributed by atoms with Gasteiger partial charge < -0.3 is 18.9 Å². The summed E-state index contributed by atoms with van der Waals surface area (Å²) in [5.41, 5.74) is 4.69. The first kappa shape index (κ1) is 24.5. The number of rotatable bonds is 7. The van der Waals surface area contributed by atoms with Crippen molar-refractivity contribution in [2.45, 2.75) is 39.3 Å². The van der Waals surface area contributed by atoms with Crippen LogP contribution in [0.25, 0.3) is 21.7 Å². The van der Waals surface area contributed by atoms with Crippen molar-refractivity contribution < 1.29 is 18.5 Å². The molecule has 182 valence electrons. The van der Waals surface area contributed by atoms with E-state index in [9.17, 15) is 9.00 Å². The SMILES string of the molecule is COc1cc2c(cc1OCCS(C)=O)-c1c(-c3cccs3)cc(C(=O)N(C)C(C)(C)C)n1CC2.